The molecule has 1 aromatic carbocycles. The summed E-state index contributed by atoms with van der Waals surface area (Å²) in [7, 11) is 0. The minimum Gasteiger partial charge on any atom is -0.339 e. The minimum atomic E-state index is 0.122. The van der Waals surface area contributed by atoms with E-state index in [9.17, 15) is 4.79 Å². The number of aromatic nitrogens is 1. The number of carbonyl (C=O) groups excluding carboxylic acids is 1. The summed E-state index contributed by atoms with van der Waals surface area (Å²) in [4.78, 5) is 20.2. The van der Waals surface area contributed by atoms with Crippen molar-refractivity contribution in [1.82, 2.24) is 9.88 Å². The van der Waals surface area contributed by atoms with E-state index >= 15 is 0 Å². The van der Waals surface area contributed by atoms with Gasteiger partial charge >= 0.3 is 0 Å². The maximum atomic E-state index is 12.7. The highest BCUT2D eigenvalue weighted by atomic mass is 32.2. The molecule has 1 amide bonds. The Balaban J connectivity index is 1.65. The van der Waals surface area contributed by atoms with Crippen molar-refractivity contribution in [2.75, 3.05) is 13.1 Å². The van der Waals surface area contributed by atoms with Crippen molar-refractivity contribution in [2.24, 2.45) is 5.92 Å². The van der Waals surface area contributed by atoms with E-state index in [2.05, 4.69) is 43.1 Å². The second-order valence-corrected chi connectivity index (χ2v) is 7.63. The molecule has 1 aromatic heterocycles. The maximum absolute atomic E-state index is 12.7. The number of piperidine rings is 1. The molecule has 4 heteroatoms. The van der Waals surface area contributed by atoms with Crippen molar-refractivity contribution in [3.63, 3.8) is 0 Å². The first kappa shape index (κ1) is 17.0. The van der Waals surface area contributed by atoms with Gasteiger partial charge in [-0.25, -0.2) is 0 Å². The van der Waals surface area contributed by atoms with Crippen LogP contribution in [-0.4, -0.2) is 28.9 Å². The van der Waals surface area contributed by atoms with Crippen LogP contribution in [0.3, 0.4) is 0 Å². The Morgan fingerprint density at radius 3 is 2.75 bits per heavy atom. The van der Waals surface area contributed by atoms with Crippen molar-refractivity contribution in [3.8, 4) is 0 Å². The number of amides is 1. The molecular formula is C20H24N2OS. The third kappa shape index (κ3) is 4.18. The van der Waals surface area contributed by atoms with Crippen molar-refractivity contribution in [2.45, 2.75) is 37.3 Å². The van der Waals surface area contributed by atoms with Gasteiger partial charge in [-0.15, -0.1) is 11.8 Å². The van der Waals surface area contributed by atoms with E-state index in [0.29, 0.717) is 5.56 Å². The summed E-state index contributed by atoms with van der Waals surface area (Å²) in [5, 5.41) is 0. The summed E-state index contributed by atoms with van der Waals surface area (Å²) in [6.07, 6.45) is 5.76. The number of pyridine rings is 1. The highest BCUT2D eigenvalue weighted by Gasteiger charge is 2.21. The predicted molar refractivity (Wildman–Crippen MR) is 99.3 cm³/mol. The average molecular weight is 340 g/mol. The van der Waals surface area contributed by atoms with E-state index in [4.69, 9.17) is 0 Å². The van der Waals surface area contributed by atoms with Gasteiger partial charge in [-0.2, -0.15) is 0 Å². The van der Waals surface area contributed by atoms with Crippen molar-refractivity contribution >= 4 is 17.7 Å². The van der Waals surface area contributed by atoms with E-state index in [1.807, 2.05) is 17.2 Å². The molecule has 2 heterocycles. The molecule has 0 N–H and O–H groups in total. The molecule has 3 rings (SSSR count). The SMILES string of the molecule is Cc1ccccc1SCc1cncc(C(=O)N2CCC(C)CC2)c1. The zero-order valence-corrected chi connectivity index (χ0v) is 15.2. The molecule has 1 aliphatic heterocycles. The molecule has 0 bridgehead atoms. The summed E-state index contributed by atoms with van der Waals surface area (Å²) < 4.78 is 0. The van der Waals surface area contributed by atoms with Gasteiger partial charge in [0.1, 0.15) is 0 Å². The largest absolute Gasteiger partial charge is 0.339 e. The van der Waals surface area contributed by atoms with Crippen LogP contribution >= 0.6 is 11.8 Å². The lowest BCUT2D eigenvalue weighted by Gasteiger charge is -2.30. The van der Waals surface area contributed by atoms with Crippen molar-refractivity contribution < 1.29 is 4.79 Å². The number of hydrogen-bond acceptors (Lipinski definition) is 3. The number of benzene rings is 1. The Bertz CT molecular complexity index is 708. The molecule has 1 saturated heterocycles. The Morgan fingerprint density at radius 1 is 1.25 bits per heavy atom. The molecule has 0 unspecified atom stereocenters. The zero-order valence-electron chi connectivity index (χ0n) is 14.4. The van der Waals surface area contributed by atoms with Crippen LogP contribution < -0.4 is 0 Å². The molecule has 1 aliphatic rings. The standard InChI is InChI=1S/C20H24N2OS/c1-15-7-9-22(10-8-15)20(23)18-11-17(12-21-13-18)14-24-19-6-4-3-5-16(19)2/h3-6,11-13,15H,7-10,14H2,1-2H3. The molecule has 0 radical (unpaired) electrons. The quantitative estimate of drug-likeness (QED) is 0.765. The monoisotopic (exact) mass is 340 g/mol. The minimum absolute atomic E-state index is 0.122. The van der Waals surface area contributed by atoms with Gasteiger partial charge in [-0.1, -0.05) is 25.1 Å². The summed E-state index contributed by atoms with van der Waals surface area (Å²) in [5.74, 6) is 1.68. The lowest BCUT2D eigenvalue weighted by molar-refractivity contribution is 0.0696. The molecule has 0 aliphatic carbocycles. The van der Waals surface area contributed by atoms with Crippen molar-refractivity contribution in [3.05, 3.63) is 59.4 Å². The number of hydrogen-bond donors (Lipinski definition) is 0. The molecule has 0 atom stereocenters. The van der Waals surface area contributed by atoms with Crippen molar-refractivity contribution in [1.29, 1.82) is 0 Å². The number of carbonyl (C=O) groups is 1. The fraction of sp³-hybridized carbons (Fsp3) is 0.400. The smallest absolute Gasteiger partial charge is 0.255 e. The summed E-state index contributed by atoms with van der Waals surface area (Å²) >= 11 is 1.79. The predicted octanol–water partition coefficient (Wildman–Crippen LogP) is 4.55. The Kier molecular flexibility index (Phi) is 5.56. The molecule has 0 saturated carbocycles. The average Bonchev–Trinajstić information content (AvgIpc) is 2.61. The molecule has 1 fully saturated rings. The van der Waals surface area contributed by atoms with Gasteiger partial charge in [0, 0.05) is 36.1 Å². The zero-order chi connectivity index (χ0) is 16.9. The van der Waals surface area contributed by atoms with Crippen LogP contribution in [0.15, 0.2) is 47.6 Å². The lowest BCUT2D eigenvalue weighted by Crippen LogP contribution is -2.37. The first-order valence-electron chi connectivity index (χ1n) is 8.55. The van der Waals surface area contributed by atoms with Crippen LogP contribution in [0.5, 0.6) is 0 Å². The van der Waals surface area contributed by atoms with Crippen LogP contribution in [0.25, 0.3) is 0 Å². The van der Waals surface area contributed by atoms with Crippen LogP contribution in [0, 0.1) is 12.8 Å². The number of likely N-dealkylation sites (tertiary alicyclic amines) is 1. The van der Waals surface area contributed by atoms with Crippen LogP contribution in [-0.2, 0) is 5.75 Å². The van der Waals surface area contributed by atoms with Gasteiger partial charge in [0.05, 0.1) is 5.56 Å². The Labute approximate surface area is 148 Å². The highest BCUT2D eigenvalue weighted by Crippen LogP contribution is 2.26. The first-order valence-corrected chi connectivity index (χ1v) is 9.53. The maximum Gasteiger partial charge on any atom is 0.255 e. The van der Waals surface area contributed by atoms with Crippen LogP contribution in [0.1, 0.15) is 41.3 Å². The normalized spacial score (nSPS) is 15.5. The number of nitrogens with zero attached hydrogens (tertiary/aromatic N) is 2. The second kappa shape index (κ2) is 7.84. The summed E-state index contributed by atoms with van der Waals surface area (Å²) in [5.41, 5.74) is 3.09. The lowest BCUT2D eigenvalue weighted by atomic mass is 9.99. The molecule has 126 valence electrons. The van der Waals surface area contributed by atoms with E-state index in [-0.39, 0.29) is 5.91 Å². The molecule has 24 heavy (non-hydrogen) atoms. The molecule has 3 nitrogen and oxygen atoms in total. The number of rotatable bonds is 4. The van der Waals surface area contributed by atoms with Gasteiger partial charge in [-0.3, -0.25) is 9.78 Å². The number of aryl methyl sites for hydroxylation is 1. The molecule has 2 aromatic rings. The summed E-state index contributed by atoms with van der Waals surface area (Å²) in [6.45, 7) is 6.11. The third-order valence-electron chi connectivity index (χ3n) is 4.60. The fourth-order valence-electron chi connectivity index (χ4n) is 2.96. The van der Waals surface area contributed by atoms with Gasteiger partial charge in [0.15, 0.2) is 0 Å². The topological polar surface area (TPSA) is 33.2 Å². The molecular weight excluding hydrogens is 316 g/mol. The summed E-state index contributed by atoms with van der Waals surface area (Å²) in [6, 6.07) is 10.4. The van der Waals surface area contributed by atoms with Crippen LogP contribution in [0.2, 0.25) is 0 Å². The third-order valence-corrected chi connectivity index (χ3v) is 5.85. The molecule has 0 spiro atoms. The van der Waals surface area contributed by atoms with Gasteiger partial charge < -0.3 is 4.90 Å². The van der Waals surface area contributed by atoms with E-state index in [1.165, 1.54) is 10.5 Å². The first-order chi connectivity index (χ1) is 11.6. The van der Waals surface area contributed by atoms with Gasteiger partial charge in [-0.05, 0) is 48.9 Å². The Morgan fingerprint density at radius 2 is 2.00 bits per heavy atom. The van der Waals surface area contributed by atoms with Gasteiger partial charge in [0.2, 0.25) is 0 Å². The van der Waals surface area contributed by atoms with E-state index in [1.54, 1.807) is 18.0 Å². The van der Waals surface area contributed by atoms with E-state index < -0.39 is 0 Å². The second-order valence-electron chi connectivity index (χ2n) is 6.61. The fourth-order valence-corrected chi connectivity index (χ4v) is 3.91. The van der Waals surface area contributed by atoms with E-state index in [0.717, 1.165) is 43.2 Å². The number of thioether (sulfide) groups is 1. The van der Waals surface area contributed by atoms with Gasteiger partial charge in [0.25, 0.3) is 5.91 Å². The highest BCUT2D eigenvalue weighted by molar-refractivity contribution is 7.98. The van der Waals surface area contributed by atoms with Crippen LogP contribution in [0.4, 0.5) is 0 Å². The Hall–Kier alpha value is -1.81.